The molecule has 114 valence electrons. The average molecular weight is 279 g/mol. The van der Waals surface area contributed by atoms with Crippen LogP contribution in [0.2, 0.25) is 0 Å². The highest BCUT2D eigenvalue weighted by atomic mass is 15.1. The Balaban J connectivity index is 2.43. The molecule has 0 saturated heterocycles. The third-order valence-electron chi connectivity index (χ3n) is 3.46. The molecule has 5 nitrogen and oxygen atoms in total. The zero-order valence-electron chi connectivity index (χ0n) is 13.4. The summed E-state index contributed by atoms with van der Waals surface area (Å²) in [5, 5.41) is 6.75. The van der Waals surface area contributed by atoms with Gasteiger partial charge in [-0.1, -0.05) is 20.8 Å². The largest absolute Gasteiger partial charge is 0.370 e. The maximum atomic E-state index is 4.33. The smallest absolute Gasteiger partial charge is 0.134 e. The summed E-state index contributed by atoms with van der Waals surface area (Å²) in [4.78, 5) is 11.1. The Labute approximate surface area is 123 Å². The Hall–Kier alpha value is -1.36. The monoisotopic (exact) mass is 279 g/mol. The van der Waals surface area contributed by atoms with E-state index in [0.29, 0.717) is 0 Å². The summed E-state index contributed by atoms with van der Waals surface area (Å²) < 4.78 is 0. The fourth-order valence-electron chi connectivity index (χ4n) is 2.10. The predicted molar refractivity (Wildman–Crippen MR) is 86.4 cm³/mol. The molecule has 0 spiro atoms. The van der Waals surface area contributed by atoms with Crippen LogP contribution in [0.3, 0.4) is 0 Å². The molecule has 1 aromatic heterocycles. The van der Waals surface area contributed by atoms with E-state index in [-0.39, 0.29) is 0 Å². The number of aromatic nitrogens is 2. The molecule has 0 unspecified atom stereocenters. The number of hydrogen-bond acceptors (Lipinski definition) is 5. The van der Waals surface area contributed by atoms with Gasteiger partial charge < -0.3 is 15.5 Å². The lowest BCUT2D eigenvalue weighted by atomic mass is 10.3. The van der Waals surface area contributed by atoms with E-state index in [9.17, 15) is 0 Å². The second kappa shape index (κ2) is 9.53. The van der Waals surface area contributed by atoms with Crippen LogP contribution in [0.15, 0.2) is 6.33 Å². The van der Waals surface area contributed by atoms with E-state index in [2.05, 4.69) is 53.2 Å². The first kappa shape index (κ1) is 16.7. The van der Waals surface area contributed by atoms with Crippen molar-refractivity contribution < 1.29 is 0 Å². The molecule has 2 N–H and O–H groups in total. The molecule has 1 rings (SSSR count). The summed E-state index contributed by atoms with van der Waals surface area (Å²) in [6.45, 7) is 13.9. The van der Waals surface area contributed by atoms with Gasteiger partial charge >= 0.3 is 0 Å². The van der Waals surface area contributed by atoms with Gasteiger partial charge in [0.2, 0.25) is 0 Å². The summed E-state index contributed by atoms with van der Waals surface area (Å²) in [5.41, 5.74) is 1.10. The molecular formula is C15H29N5. The van der Waals surface area contributed by atoms with Crippen LogP contribution in [-0.4, -0.2) is 47.6 Å². The van der Waals surface area contributed by atoms with Gasteiger partial charge in [0.05, 0.1) is 0 Å². The van der Waals surface area contributed by atoms with Crippen molar-refractivity contribution in [3.63, 3.8) is 0 Å². The lowest BCUT2D eigenvalue weighted by Gasteiger charge is -2.18. The highest BCUT2D eigenvalue weighted by Gasteiger charge is 2.06. The fraction of sp³-hybridized carbons (Fsp3) is 0.733. The van der Waals surface area contributed by atoms with Crippen molar-refractivity contribution in [1.82, 2.24) is 14.9 Å². The molecule has 20 heavy (non-hydrogen) atoms. The van der Waals surface area contributed by atoms with Crippen LogP contribution in [0.4, 0.5) is 11.6 Å². The number of rotatable bonds is 10. The van der Waals surface area contributed by atoms with E-state index in [0.717, 1.165) is 62.8 Å². The van der Waals surface area contributed by atoms with Crippen LogP contribution in [0, 0.1) is 6.92 Å². The maximum absolute atomic E-state index is 4.33. The third-order valence-corrected chi connectivity index (χ3v) is 3.46. The van der Waals surface area contributed by atoms with Crippen molar-refractivity contribution in [2.24, 2.45) is 0 Å². The van der Waals surface area contributed by atoms with Gasteiger partial charge in [-0.2, -0.15) is 0 Å². The highest BCUT2D eigenvalue weighted by Crippen LogP contribution is 2.17. The minimum absolute atomic E-state index is 0.938. The van der Waals surface area contributed by atoms with Gasteiger partial charge in [0, 0.05) is 18.7 Å². The molecule has 0 saturated carbocycles. The molecule has 0 amide bonds. The van der Waals surface area contributed by atoms with Crippen molar-refractivity contribution in [2.75, 3.05) is 43.4 Å². The summed E-state index contributed by atoms with van der Waals surface area (Å²) in [6, 6.07) is 0. The number of hydrogen-bond donors (Lipinski definition) is 2. The first-order valence-corrected chi connectivity index (χ1v) is 7.74. The molecule has 1 aromatic rings. The van der Waals surface area contributed by atoms with Crippen molar-refractivity contribution in [1.29, 1.82) is 0 Å². The van der Waals surface area contributed by atoms with Crippen LogP contribution in [0.5, 0.6) is 0 Å². The third kappa shape index (κ3) is 5.33. The number of nitrogens with zero attached hydrogens (tertiary/aromatic N) is 3. The first-order valence-electron chi connectivity index (χ1n) is 7.74. The van der Waals surface area contributed by atoms with E-state index in [4.69, 9.17) is 0 Å². The SMILES string of the molecule is CCCNc1ncnc(NCCCN(CC)CC)c1C. The van der Waals surface area contributed by atoms with Crippen molar-refractivity contribution in [3.8, 4) is 0 Å². The second-order valence-corrected chi connectivity index (χ2v) is 4.93. The van der Waals surface area contributed by atoms with Gasteiger partial charge in [0.15, 0.2) is 0 Å². The molecule has 0 aliphatic carbocycles. The number of nitrogens with one attached hydrogen (secondary N) is 2. The van der Waals surface area contributed by atoms with Crippen molar-refractivity contribution in [3.05, 3.63) is 11.9 Å². The van der Waals surface area contributed by atoms with Crippen LogP contribution in [0.1, 0.15) is 39.2 Å². The Morgan fingerprint density at radius 2 is 1.60 bits per heavy atom. The van der Waals surface area contributed by atoms with E-state index in [1.807, 2.05) is 0 Å². The Morgan fingerprint density at radius 3 is 2.15 bits per heavy atom. The predicted octanol–water partition coefficient (Wildman–Crippen LogP) is 2.75. The van der Waals surface area contributed by atoms with E-state index >= 15 is 0 Å². The molecule has 5 heteroatoms. The normalized spacial score (nSPS) is 10.8. The second-order valence-electron chi connectivity index (χ2n) is 4.93. The molecule has 0 aromatic carbocycles. The lowest BCUT2D eigenvalue weighted by molar-refractivity contribution is 0.303. The molecule has 1 heterocycles. The lowest BCUT2D eigenvalue weighted by Crippen LogP contribution is -2.25. The molecule has 0 aliphatic heterocycles. The maximum Gasteiger partial charge on any atom is 0.134 e. The average Bonchev–Trinajstić information content (AvgIpc) is 2.47. The number of anilines is 2. The van der Waals surface area contributed by atoms with Gasteiger partial charge in [-0.05, 0) is 39.4 Å². The minimum Gasteiger partial charge on any atom is -0.370 e. The summed E-state index contributed by atoms with van der Waals surface area (Å²) >= 11 is 0. The molecule has 0 atom stereocenters. The highest BCUT2D eigenvalue weighted by molar-refractivity contribution is 5.56. The van der Waals surface area contributed by atoms with Gasteiger partial charge in [0.25, 0.3) is 0 Å². The van der Waals surface area contributed by atoms with Crippen molar-refractivity contribution in [2.45, 2.75) is 40.5 Å². The zero-order chi connectivity index (χ0) is 14.8. The summed E-state index contributed by atoms with van der Waals surface area (Å²) in [6.07, 6.45) is 3.84. The van der Waals surface area contributed by atoms with Crippen LogP contribution in [0.25, 0.3) is 0 Å². The molecule has 0 radical (unpaired) electrons. The Morgan fingerprint density at radius 1 is 1.00 bits per heavy atom. The molecule has 0 bridgehead atoms. The van der Waals surface area contributed by atoms with Gasteiger partial charge in [-0.15, -0.1) is 0 Å². The summed E-state index contributed by atoms with van der Waals surface area (Å²) in [5.74, 6) is 1.88. The molecular weight excluding hydrogens is 250 g/mol. The van der Waals surface area contributed by atoms with Gasteiger partial charge in [-0.25, -0.2) is 9.97 Å². The van der Waals surface area contributed by atoms with Gasteiger partial charge in [-0.3, -0.25) is 0 Å². The minimum atomic E-state index is 0.938. The fourth-order valence-corrected chi connectivity index (χ4v) is 2.10. The summed E-state index contributed by atoms with van der Waals surface area (Å²) in [7, 11) is 0. The Bertz CT molecular complexity index is 377. The Kier molecular flexibility index (Phi) is 7.95. The van der Waals surface area contributed by atoms with E-state index < -0.39 is 0 Å². The standard InChI is InChI=1S/C15H29N5/c1-5-9-16-14-13(4)15(19-12-18-14)17-10-8-11-20(6-2)7-3/h12H,5-11H2,1-4H3,(H2,16,17,18,19). The van der Waals surface area contributed by atoms with E-state index in [1.54, 1.807) is 6.33 Å². The van der Waals surface area contributed by atoms with Crippen LogP contribution < -0.4 is 10.6 Å². The first-order chi connectivity index (χ1) is 9.72. The topological polar surface area (TPSA) is 53.1 Å². The van der Waals surface area contributed by atoms with Gasteiger partial charge in [0.1, 0.15) is 18.0 Å². The van der Waals surface area contributed by atoms with Crippen molar-refractivity contribution >= 4 is 11.6 Å². The molecule has 0 fully saturated rings. The zero-order valence-corrected chi connectivity index (χ0v) is 13.4. The van der Waals surface area contributed by atoms with Crippen LogP contribution in [-0.2, 0) is 0 Å². The quantitative estimate of drug-likeness (QED) is 0.645. The molecule has 0 aliphatic rings. The van der Waals surface area contributed by atoms with Crippen LogP contribution >= 0.6 is 0 Å². The van der Waals surface area contributed by atoms with E-state index in [1.165, 1.54) is 0 Å².